The van der Waals surface area contributed by atoms with Gasteiger partial charge in [-0.25, -0.2) is 18.7 Å². The monoisotopic (exact) mass is 438 g/mol. The molecule has 3 N–H and O–H groups in total. The molecule has 0 spiro atoms. The maximum Gasteiger partial charge on any atom is 0.256 e. The Morgan fingerprint density at radius 1 is 1.28 bits per heavy atom. The molecule has 0 aliphatic carbocycles. The Labute approximate surface area is 184 Å². The molecule has 166 valence electrons. The van der Waals surface area contributed by atoms with Crippen LogP contribution < -0.4 is 16.0 Å². The molecular formula is C23H24F2N6O. The standard InChI is InChI=1S/C23H24F2N6O/c1-15-12-30(14-29-15)22-9-7-17(10-28-22)18(26)11-27-19-8-6-16-4-2-3-5-20(16)31(23(19)32)13-21(24)25/h2-5,7,9-12,14,19,21,27H,6,8,13,26H2,1H3/b18-11-. The Bertz CT molecular complexity index is 1130. The summed E-state index contributed by atoms with van der Waals surface area (Å²) in [5, 5.41) is 3.03. The molecule has 0 bridgehead atoms. The maximum absolute atomic E-state index is 13.2. The molecule has 0 saturated heterocycles. The second-order valence-corrected chi connectivity index (χ2v) is 7.65. The number of imidazole rings is 1. The summed E-state index contributed by atoms with van der Waals surface area (Å²) in [6, 6.07) is 10.1. The molecule has 0 saturated carbocycles. The summed E-state index contributed by atoms with van der Waals surface area (Å²) in [6.45, 7) is 1.25. The SMILES string of the molecule is Cc1cn(-c2ccc(/C(N)=C/NC3CCc4ccccc4N(CC(F)F)C3=O)cn2)cn1. The van der Waals surface area contributed by atoms with Gasteiger partial charge in [-0.05, 0) is 43.5 Å². The zero-order valence-electron chi connectivity index (χ0n) is 17.6. The lowest BCUT2D eigenvalue weighted by molar-refractivity contribution is -0.120. The Kier molecular flexibility index (Phi) is 6.16. The Hall–Kier alpha value is -3.75. The molecular weight excluding hydrogens is 414 g/mol. The summed E-state index contributed by atoms with van der Waals surface area (Å²) < 4.78 is 28.2. The van der Waals surface area contributed by atoms with E-state index in [2.05, 4.69) is 15.3 Å². The van der Waals surface area contributed by atoms with E-state index in [1.54, 1.807) is 29.2 Å². The molecule has 1 unspecified atom stereocenters. The number of nitrogens with one attached hydrogen (secondary N) is 1. The van der Waals surface area contributed by atoms with Gasteiger partial charge in [0.2, 0.25) is 5.91 Å². The quantitative estimate of drug-likeness (QED) is 0.618. The predicted molar refractivity (Wildman–Crippen MR) is 118 cm³/mol. The number of aromatic nitrogens is 3. The van der Waals surface area contributed by atoms with E-state index in [4.69, 9.17) is 5.73 Å². The van der Waals surface area contributed by atoms with Crippen LogP contribution in [0, 0.1) is 6.92 Å². The number of alkyl halides is 2. The van der Waals surface area contributed by atoms with Crippen molar-refractivity contribution in [1.82, 2.24) is 19.9 Å². The molecule has 3 aromatic rings. The molecule has 1 aliphatic rings. The number of fused-ring (bicyclic) bond motifs is 1. The first-order valence-corrected chi connectivity index (χ1v) is 10.3. The number of nitrogens with two attached hydrogens (primary N) is 1. The highest BCUT2D eigenvalue weighted by molar-refractivity contribution is 5.98. The fourth-order valence-electron chi connectivity index (χ4n) is 3.73. The first-order valence-electron chi connectivity index (χ1n) is 10.3. The van der Waals surface area contributed by atoms with Gasteiger partial charge in [0.05, 0.1) is 17.9 Å². The first-order chi connectivity index (χ1) is 15.4. The van der Waals surface area contributed by atoms with E-state index in [1.165, 1.54) is 6.20 Å². The fourth-order valence-corrected chi connectivity index (χ4v) is 3.73. The normalized spacial score (nSPS) is 16.8. The minimum absolute atomic E-state index is 0.390. The molecule has 1 aliphatic heterocycles. The van der Waals surface area contributed by atoms with Gasteiger partial charge in [0.1, 0.15) is 18.2 Å². The lowest BCUT2D eigenvalue weighted by Gasteiger charge is -2.25. The number of halogens is 2. The number of hydrogen-bond acceptors (Lipinski definition) is 5. The van der Waals surface area contributed by atoms with Crippen LogP contribution in [0.4, 0.5) is 14.5 Å². The van der Waals surface area contributed by atoms with Gasteiger partial charge in [-0.3, -0.25) is 9.36 Å². The van der Waals surface area contributed by atoms with Crippen LogP contribution >= 0.6 is 0 Å². The lowest BCUT2D eigenvalue weighted by atomic mass is 10.1. The van der Waals surface area contributed by atoms with Crippen molar-refractivity contribution in [1.29, 1.82) is 0 Å². The van der Waals surface area contributed by atoms with Crippen molar-refractivity contribution in [2.45, 2.75) is 32.2 Å². The van der Waals surface area contributed by atoms with Gasteiger partial charge >= 0.3 is 0 Å². The van der Waals surface area contributed by atoms with E-state index in [1.807, 2.05) is 37.4 Å². The largest absolute Gasteiger partial charge is 0.397 e. The first kappa shape index (κ1) is 21.5. The van der Waals surface area contributed by atoms with Crippen molar-refractivity contribution < 1.29 is 13.6 Å². The van der Waals surface area contributed by atoms with Gasteiger partial charge in [0.25, 0.3) is 6.43 Å². The van der Waals surface area contributed by atoms with E-state index >= 15 is 0 Å². The number of pyridine rings is 1. The average Bonchev–Trinajstić information content (AvgIpc) is 3.18. The Morgan fingerprint density at radius 2 is 2.09 bits per heavy atom. The van der Waals surface area contributed by atoms with Crippen LogP contribution in [0.15, 0.2) is 61.3 Å². The number of hydrogen-bond donors (Lipinski definition) is 2. The highest BCUT2D eigenvalue weighted by atomic mass is 19.3. The topological polar surface area (TPSA) is 89.1 Å². The number of carbonyl (C=O) groups excluding carboxylic acids is 1. The van der Waals surface area contributed by atoms with Gasteiger partial charge in [0.15, 0.2) is 0 Å². The molecule has 1 aromatic carbocycles. The van der Waals surface area contributed by atoms with E-state index in [-0.39, 0.29) is 0 Å². The number of carbonyl (C=O) groups is 1. The van der Waals surface area contributed by atoms with Crippen LogP contribution in [0.25, 0.3) is 11.5 Å². The Balaban J connectivity index is 1.50. The van der Waals surface area contributed by atoms with Crippen molar-refractivity contribution in [2.24, 2.45) is 5.73 Å². The van der Waals surface area contributed by atoms with Gasteiger partial charge in [-0.1, -0.05) is 18.2 Å². The smallest absolute Gasteiger partial charge is 0.256 e. The van der Waals surface area contributed by atoms with E-state index < -0.39 is 24.9 Å². The van der Waals surface area contributed by atoms with Crippen LogP contribution in [0.2, 0.25) is 0 Å². The van der Waals surface area contributed by atoms with Crippen LogP contribution in [0.1, 0.15) is 23.2 Å². The number of nitrogens with zero attached hydrogens (tertiary/aromatic N) is 4. The van der Waals surface area contributed by atoms with Crippen LogP contribution in [-0.4, -0.2) is 39.5 Å². The van der Waals surface area contributed by atoms with E-state index in [0.717, 1.165) is 16.2 Å². The molecule has 1 atom stereocenters. The molecule has 9 heteroatoms. The molecule has 0 radical (unpaired) electrons. The molecule has 32 heavy (non-hydrogen) atoms. The maximum atomic E-state index is 13.2. The number of benzene rings is 1. The van der Waals surface area contributed by atoms with E-state index in [9.17, 15) is 13.6 Å². The third kappa shape index (κ3) is 4.61. The van der Waals surface area contributed by atoms with E-state index in [0.29, 0.717) is 35.6 Å². The zero-order valence-corrected chi connectivity index (χ0v) is 17.6. The number of anilines is 1. The fraction of sp³-hybridized carbons (Fsp3) is 0.261. The predicted octanol–water partition coefficient (Wildman–Crippen LogP) is 3.04. The van der Waals surface area contributed by atoms with Crippen molar-refractivity contribution in [3.63, 3.8) is 0 Å². The summed E-state index contributed by atoms with van der Waals surface area (Å²) in [7, 11) is 0. The lowest BCUT2D eigenvalue weighted by Crippen LogP contribution is -2.46. The van der Waals surface area contributed by atoms with Gasteiger partial charge in [-0.15, -0.1) is 0 Å². The third-order valence-corrected chi connectivity index (χ3v) is 5.37. The molecule has 0 fully saturated rings. The van der Waals surface area contributed by atoms with Crippen molar-refractivity contribution in [2.75, 3.05) is 11.4 Å². The molecule has 4 rings (SSSR count). The summed E-state index contributed by atoms with van der Waals surface area (Å²) >= 11 is 0. The third-order valence-electron chi connectivity index (χ3n) is 5.37. The van der Waals surface area contributed by atoms with Crippen molar-refractivity contribution in [3.8, 4) is 5.82 Å². The summed E-state index contributed by atoms with van der Waals surface area (Å²) in [4.78, 5) is 22.8. The van der Waals surface area contributed by atoms with Crippen LogP contribution in [0.3, 0.4) is 0 Å². The summed E-state index contributed by atoms with van der Waals surface area (Å²) in [5.74, 6) is 0.303. The molecule has 3 heterocycles. The van der Waals surface area contributed by atoms with Gasteiger partial charge in [-0.2, -0.15) is 0 Å². The summed E-state index contributed by atoms with van der Waals surface area (Å²) in [5.41, 5.74) is 9.54. The number of aryl methyl sites for hydroxylation is 2. The second kappa shape index (κ2) is 9.17. The average molecular weight is 438 g/mol. The molecule has 2 aromatic heterocycles. The number of rotatable bonds is 6. The van der Waals surface area contributed by atoms with Crippen LogP contribution in [0.5, 0.6) is 0 Å². The number of amides is 1. The molecule has 7 nitrogen and oxygen atoms in total. The number of para-hydroxylation sites is 1. The second-order valence-electron chi connectivity index (χ2n) is 7.65. The molecule has 1 amide bonds. The van der Waals surface area contributed by atoms with Crippen molar-refractivity contribution >= 4 is 17.3 Å². The van der Waals surface area contributed by atoms with Crippen LogP contribution in [-0.2, 0) is 11.2 Å². The minimum Gasteiger partial charge on any atom is -0.397 e. The highest BCUT2D eigenvalue weighted by Crippen LogP contribution is 2.27. The van der Waals surface area contributed by atoms with Gasteiger partial charge in [0, 0.05) is 29.8 Å². The zero-order chi connectivity index (χ0) is 22.7. The summed E-state index contributed by atoms with van der Waals surface area (Å²) in [6.07, 6.45) is 5.14. The highest BCUT2D eigenvalue weighted by Gasteiger charge is 2.31. The Morgan fingerprint density at radius 3 is 2.78 bits per heavy atom. The van der Waals surface area contributed by atoms with Gasteiger partial charge < -0.3 is 16.0 Å². The van der Waals surface area contributed by atoms with Crippen molar-refractivity contribution in [3.05, 3.63) is 78.1 Å². The minimum atomic E-state index is -2.63.